The summed E-state index contributed by atoms with van der Waals surface area (Å²) in [6.07, 6.45) is 0.893. The van der Waals surface area contributed by atoms with Gasteiger partial charge in [0, 0.05) is 11.6 Å². The molecule has 0 radical (unpaired) electrons. The summed E-state index contributed by atoms with van der Waals surface area (Å²) in [5.41, 5.74) is 1.17. The van der Waals surface area contributed by atoms with Gasteiger partial charge in [-0.05, 0) is 31.5 Å². The van der Waals surface area contributed by atoms with Crippen LogP contribution in [0.25, 0.3) is 0 Å². The summed E-state index contributed by atoms with van der Waals surface area (Å²) >= 11 is 0. The maximum absolute atomic E-state index is 13.7. The Balaban J connectivity index is 1.91. The number of halogens is 1. The topological polar surface area (TPSA) is 50.4 Å². The number of carbonyl (C=O) groups is 1. The predicted molar refractivity (Wildman–Crippen MR) is 93.7 cm³/mol. The van der Waals surface area contributed by atoms with E-state index < -0.39 is 0 Å². The van der Waals surface area contributed by atoms with Gasteiger partial charge < -0.3 is 15.4 Å². The van der Waals surface area contributed by atoms with E-state index in [9.17, 15) is 9.18 Å². The number of benzene rings is 2. The summed E-state index contributed by atoms with van der Waals surface area (Å²) in [6, 6.07) is 13.6. The molecule has 128 valence electrons. The van der Waals surface area contributed by atoms with Gasteiger partial charge in [0.1, 0.15) is 11.6 Å². The van der Waals surface area contributed by atoms with E-state index in [2.05, 4.69) is 10.6 Å². The van der Waals surface area contributed by atoms with Gasteiger partial charge >= 0.3 is 0 Å². The molecule has 0 saturated heterocycles. The molecule has 4 nitrogen and oxygen atoms in total. The Labute approximate surface area is 142 Å². The first-order valence-corrected chi connectivity index (χ1v) is 8.11. The minimum atomic E-state index is -0.281. The number of hydrogen-bond donors (Lipinski definition) is 2. The zero-order chi connectivity index (χ0) is 17.4. The molecule has 2 rings (SSSR count). The molecule has 0 aliphatic carbocycles. The van der Waals surface area contributed by atoms with Gasteiger partial charge in [-0.3, -0.25) is 4.79 Å². The first-order valence-electron chi connectivity index (χ1n) is 8.11. The molecule has 1 amide bonds. The van der Waals surface area contributed by atoms with E-state index in [0.29, 0.717) is 23.6 Å². The average Bonchev–Trinajstić information content (AvgIpc) is 2.59. The van der Waals surface area contributed by atoms with E-state index in [4.69, 9.17) is 4.74 Å². The lowest BCUT2D eigenvalue weighted by molar-refractivity contribution is -0.115. The molecule has 0 heterocycles. The van der Waals surface area contributed by atoms with E-state index in [1.807, 2.05) is 32.0 Å². The van der Waals surface area contributed by atoms with E-state index in [0.717, 1.165) is 6.42 Å². The van der Waals surface area contributed by atoms with E-state index in [1.54, 1.807) is 24.3 Å². The van der Waals surface area contributed by atoms with Crippen molar-refractivity contribution < 1.29 is 13.9 Å². The quantitative estimate of drug-likeness (QED) is 0.772. The highest BCUT2D eigenvalue weighted by Gasteiger charge is 2.12. The van der Waals surface area contributed by atoms with Crippen molar-refractivity contribution in [2.24, 2.45) is 0 Å². The Bertz CT molecular complexity index is 676. The molecule has 0 bridgehead atoms. The monoisotopic (exact) mass is 330 g/mol. The molecule has 5 heteroatoms. The normalized spacial score (nSPS) is 11.8. The Morgan fingerprint density at radius 2 is 1.88 bits per heavy atom. The van der Waals surface area contributed by atoms with Crippen LogP contribution in [0.4, 0.5) is 10.1 Å². The highest BCUT2D eigenvalue weighted by molar-refractivity contribution is 5.93. The first kappa shape index (κ1) is 17.9. The van der Waals surface area contributed by atoms with Crippen LogP contribution in [-0.4, -0.2) is 19.1 Å². The maximum Gasteiger partial charge on any atom is 0.238 e. The molecule has 0 aromatic heterocycles. The third-order valence-electron chi connectivity index (χ3n) is 3.56. The van der Waals surface area contributed by atoms with Crippen LogP contribution in [0, 0.1) is 5.82 Å². The molecule has 0 fully saturated rings. The number of para-hydroxylation sites is 2. The lowest BCUT2D eigenvalue weighted by atomic mass is 10.1. The fourth-order valence-corrected chi connectivity index (χ4v) is 2.28. The van der Waals surface area contributed by atoms with Crippen molar-refractivity contribution in [1.29, 1.82) is 0 Å². The second-order valence-electron chi connectivity index (χ2n) is 5.52. The Hall–Kier alpha value is -2.40. The summed E-state index contributed by atoms with van der Waals surface area (Å²) in [5.74, 6) is 0.164. The minimum absolute atomic E-state index is 0.0810. The van der Waals surface area contributed by atoms with Gasteiger partial charge in [0.05, 0.1) is 18.8 Å². The third kappa shape index (κ3) is 5.06. The standard InChI is InChI=1S/C19H23FN2O2/c1-3-12-24-18-11-7-6-10-17(18)22-19(23)13-21-14(2)15-8-4-5-9-16(15)20/h4-11,14,21H,3,12-13H2,1-2H3,(H,22,23). The van der Waals surface area contributed by atoms with Crippen molar-refractivity contribution in [3.8, 4) is 5.75 Å². The molecular formula is C19H23FN2O2. The molecule has 1 atom stereocenters. The van der Waals surface area contributed by atoms with Crippen LogP contribution in [0.3, 0.4) is 0 Å². The molecule has 2 aromatic carbocycles. The smallest absolute Gasteiger partial charge is 0.238 e. The van der Waals surface area contributed by atoms with E-state index >= 15 is 0 Å². The van der Waals surface area contributed by atoms with Gasteiger partial charge in [-0.25, -0.2) is 4.39 Å². The van der Waals surface area contributed by atoms with Gasteiger partial charge in [-0.15, -0.1) is 0 Å². The van der Waals surface area contributed by atoms with Crippen molar-refractivity contribution >= 4 is 11.6 Å². The van der Waals surface area contributed by atoms with Crippen LogP contribution < -0.4 is 15.4 Å². The Morgan fingerprint density at radius 1 is 1.17 bits per heavy atom. The number of ether oxygens (including phenoxy) is 1. The molecule has 1 unspecified atom stereocenters. The zero-order valence-electron chi connectivity index (χ0n) is 14.0. The molecule has 0 aliphatic heterocycles. The lowest BCUT2D eigenvalue weighted by Gasteiger charge is -2.16. The average molecular weight is 330 g/mol. The number of rotatable bonds is 8. The molecule has 0 spiro atoms. The fourth-order valence-electron chi connectivity index (χ4n) is 2.28. The zero-order valence-corrected chi connectivity index (χ0v) is 14.0. The van der Waals surface area contributed by atoms with Crippen LogP contribution in [0.5, 0.6) is 5.75 Å². The summed E-state index contributed by atoms with van der Waals surface area (Å²) in [5, 5.41) is 5.85. The van der Waals surface area contributed by atoms with Crippen LogP contribution >= 0.6 is 0 Å². The third-order valence-corrected chi connectivity index (χ3v) is 3.56. The summed E-state index contributed by atoms with van der Waals surface area (Å²) in [7, 11) is 0. The van der Waals surface area contributed by atoms with Crippen LogP contribution in [-0.2, 0) is 4.79 Å². The van der Waals surface area contributed by atoms with Gasteiger partial charge in [0.15, 0.2) is 0 Å². The van der Waals surface area contributed by atoms with Gasteiger partial charge in [-0.2, -0.15) is 0 Å². The van der Waals surface area contributed by atoms with Gasteiger partial charge in [0.2, 0.25) is 5.91 Å². The molecule has 0 saturated carbocycles. The number of nitrogens with one attached hydrogen (secondary N) is 2. The van der Waals surface area contributed by atoms with Crippen molar-refractivity contribution in [1.82, 2.24) is 5.32 Å². The van der Waals surface area contributed by atoms with Gasteiger partial charge in [0.25, 0.3) is 0 Å². The Kier molecular flexibility index (Phi) is 6.75. The van der Waals surface area contributed by atoms with Crippen molar-refractivity contribution in [2.75, 3.05) is 18.5 Å². The fraction of sp³-hybridized carbons (Fsp3) is 0.316. The number of hydrogen-bond acceptors (Lipinski definition) is 3. The van der Waals surface area contributed by atoms with Crippen LogP contribution in [0.1, 0.15) is 31.9 Å². The molecule has 24 heavy (non-hydrogen) atoms. The van der Waals surface area contributed by atoms with E-state index in [1.165, 1.54) is 6.07 Å². The second-order valence-corrected chi connectivity index (χ2v) is 5.52. The van der Waals surface area contributed by atoms with E-state index in [-0.39, 0.29) is 24.3 Å². The molecule has 2 N–H and O–H groups in total. The highest BCUT2D eigenvalue weighted by Crippen LogP contribution is 2.23. The predicted octanol–water partition coefficient (Wildman–Crippen LogP) is 3.90. The number of amides is 1. The highest BCUT2D eigenvalue weighted by atomic mass is 19.1. The van der Waals surface area contributed by atoms with Crippen molar-refractivity contribution in [2.45, 2.75) is 26.3 Å². The molecule has 2 aromatic rings. The lowest BCUT2D eigenvalue weighted by Crippen LogP contribution is -2.30. The largest absolute Gasteiger partial charge is 0.491 e. The van der Waals surface area contributed by atoms with Crippen molar-refractivity contribution in [3.63, 3.8) is 0 Å². The summed E-state index contributed by atoms with van der Waals surface area (Å²) in [6.45, 7) is 4.52. The first-order chi connectivity index (χ1) is 11.6. The SMILES string of the molecule is CCCOc1ccccc1NC(=O)CNC(C)c1ccccc1F. The minimum Gasteiger partial charge on any atom is -0.491 e. The Morgan fingerprint density at radius 3 is 2.62 bits per heavy atom. The van der Waals surface area contributed by atoms with Crippen LogP contribution in [0.15, 0.2) is 48.5 Å². The number of carbonyl (C=O) groups excluding carboxylic acids is 1. The number of anilines is 1. The van der Waals surface area contributed by atoms with Crippen molar-refractivity contribution in [3.05, 3.63) is 59.9 Å². The molecule has 0 aliphatic rings. The van der Waals surface area contributed by atoms with Gasteiger partial charge in [-0.1, -0.05) is 37.3 Å². The second kappa shape index (κ2) is 9.03. The summed E-state index contributed by atoms with van der Waals surface area (Å²) in [4.78, 5) is 12.1. The molecular weight excluding hydrogens is 307 g/mol. The van der Waals surface area contributed by atoms with Crippen LogP contribution in [0.2, 0.25) is 0 Å². The summed E-state index contributed by atoms with van der Waals surface area (Å²) < 4.78 is 19.3. The maximum atomic E-state index is 13.7.